The molecule has 1 aromatic rings. The van der Waals surface area contributed by atoms with Crippen LogP contribution in [0.2, 0.25) is 5.02 Å². The molecule has 6 heteroatoms. The quantitative estimate of drug-likeness (QED) is 0.748. The molecule has 5 nitrogen and oxygen atoms in total. The zero-order valence-corrected chi connectivity index (χ0v) is 15.1. The van der Waals surface area contributed by atoms with Gasteiger partial charge in [0.25, 0.3) is 0 Å². The van der Waals surface area contributed by atoms with Crippen molar-refractivity contribution in [2.75, 3.05) is 19.6 Å². The van der Waals surface area contributed by atoms with E-state index < -0.39 is 17.8 Å². The molecule has 0 aliphatic heterocycles. The summed E-state index contributed by atoms with van der Waals surface area (Å²) in [5.41, 5.74) is 0.568. The number of hydrogen-bond donors (Lipinski definition) is 2. The summed E-state index contributed by atoms with van der Waals surface area (Å²) in [5.74, 6) is 0. The molecule has 0 bridgehead atoms. The number of carbonyl (C=O) groups is 1. The zero-order chi connectivity index (χ0) is 17.5. The molecule has 0 spiro atoms. The summed E-state index contributed by atoms with van der Waals surface area (Å²) in [6.45, 7) is 9.13. The largest absolute Gasteiger partial charge is 0.444 e. The van der Waals surface area contributed by atoms with Crippen LogP contribution in [0.4, 0.5) is 4.79 Å². The van der Waals surface area contributed by atoms with Crippen molar-refractivity contribution in [1.82, 2.24) is 10.2 Å². The summed E-state index contributed by atoms with van der Waals surface area (Å²) in [7, 11) is 0. The van der Waals surface area contributed by atoms with Gasteiger partial charge in [-0.3, -0.25) is 0 Å². The van der Waals surface area contributed by atoms with Crippen molar-refractivity contribution in [3.05, 3.63) is 34.9 Å². The van der Waals surface area contributed by atoms with Crippen LogP contribution in [0.1, 0.15) is 33.3 Å². The maximum Gasteiger partial charge on any atom is 0.410 e. The fourth-order valence-corrected chi connectivity index (χ4v) is 2.08. The third kappa shape index (κ3) is 8.79. The molecular formula is C17H27ClN2O3. The minimum absolute atomic E-state index is 0.248. The molecule has 1 unspecified atom stereocenters. The van der Waals surface area contributed by atoms with Gasteiger partial charge in [0.05, 0.1) is 6.10 Å². The number of nitrogens with zero attached hydrogens (tertiary/aromatic N) is 1. The van der Waals surface area contributed by atoms with Gasteiger partial charge in [0.1, 0.15) is 5.60 Å². The smallest absolute Gasteiger partial charge is 0.410 e. The Morgan fingerprint density at radius 3 is 2.48 bits per heavy atom. The van der Waals surface area contributed by atoms with Crippen molar-refractivity contribution in [2.24, 2.45) is 0 Å². The number of nitrogens with one attached hydrogen (secondary N) is 1. The maximum absolute atomic E-state index is 12.1. The topological polar surface area (TPSA) is 61.8 Å². The van der Waals surface area contributed by atoms with E-state index in [9.17, 15) is 9.90 Å². The predicted octanol–water partition coefficient (Wildman–Crippen LogP) is 3.05. The Hall–Kier alpha value is -1.30. The molecule has 1 amide bonds. The van der Waals surface area contributed by atoms with E-state index in [0.717, 1.165) is 5.56 Å². The molecule has 0 radical (unpaired) electrons. The lowest BCUT2D eigenvalue weighted by Gasteiger charge is -2.28. The van der Waals surface area contributed by atoms with E-state index in [1.165, 1.54) is 4.90 Å². The summed E-state index contributed by atoms with van der Waals surface area (Å²) in [4.78, 5) is 13.7. The standard InChI is InChI=1S/C17H27ClN2O3/c1-13(21)12-20(16(22)23-17(2,3)4)10-9-19-11-14-5-7-15(18)8-6-14/h5-8,13,19,21H,9-12H2,1-4H3. The molecule has 0 saturated carbocycles. The number of aliphatic hydroxyl groups excluding tert-OH is 1. The van der Waals surface area contributed by atoms with Crippen molar-refractivity contribution < 1.29 is 14.6 Å². The summed E-state index contributed by atoms with van der Waals surface area (Å²) in [6.07, 6.45) is -1.01. The van der Waals surface area contributed by atoms with Crippen molar-refractivity contribution in [1.29, 1.82) is 0 Å². The van der Waals surface area contributed by atoms with Crippen LogP contribution < -0.4 is 5.32 Å². The highest BCUT2D eigenvalue weighted by Crippen LogP contribution is 2.11. The van der Waals surface area contributed by atoms with Crippen LogP contribution in [-0.2, 0) is 11.3 Å². The first kappa shape index (κ1) is 19.7. The van der Waals surface area contributed by atoms with E-state index >= 15 is 0 Å². The highest BCUT2D eigenvalue weighted by Gasteiger charge is 2.22. The highest BCUT2D eigenvalue weighted by atomic mass is 35.5. The van der Waals surface area contributed by atoms with E-state index in [0.29, 0.717) is 24.7 Å². The van der Waals surface area contributed by atoms with Crippen LogP contribution >= 0.6 is 11.6 Å². The van der Waals surface area contributed by atoms with Gasteiger partial charge in [0.15, 0.2) is 0 Å². The number of carbonyl (C=O) groups excluding carboxylic acids is 1. The number of amides is 1. The first-order valence-corrected chi connectivity index (χ1v) is 8.16. The van der Waals surface area contributed by atoms with Gasteiger partial charge in [0.2, 0.25) is 0 Å². The van der Waals surface area contributed by atoms with E-state index in [1.807, 2.05) is 45.0 Å². The lowest BCUT2D eigenvalue weighted by molar-refractivity contribution is 0.0164. The second kappa shape index (κ2) is 9.11. The van der Waals surface area contributed by atoms with Crippen molar-refractivity contribution in [2.45, 2.75) is 45.9 Å². The lowest BCUT2D eigenvalue weighted by atomic mass is 10.2. The van der Waals surface area contributed by atoms with Crippen LogP contribution in [0.3, 0.4) is 0 Å². The molecular weight excluding hydrogens is 316 g/mol. The Morgan fingerprint density at radius 1 is 1.35 bits per heavy atom. The zero-order valence-electron chi connectivity index (χ0n) is 14.3. The lowest BCUT2D eigenvalue weighted by Crippen LogP contribution is -2.43. The third-order valence-electron chi connectivity index (χ3n) is 2.94. The second-order valence-electron chi connectivity index (χ2n) is 6.58. The van der Waals surface area contributed by atoms with Crippen molar-refractivity contribution >= 4 is 17.7 Å². The van der Waals surface area contributed by atoms with E-state index in [1.54, 1.807) is 6.92 Å². The first-order valence-electron chi connectivity index (χ1n) is 7.78. The number of rotatable bonds is 7. The van der Waals surface area contributed by atoms with Crippen molar-refractivity contribution in [3.8, 4) is 0 Å². The number of ether oxygens (including phenoxy) is 1. The Kier molecular flexibility index (Phi) is 7.82. The Morgan fingerprint density at radius 2 is 1.96 bits per heavy atom. The van der Waals surface area contributed by atoms with E-state index in [-0.39, 0.29) is 6.54 Å². The average molecular weight is 343 g/mol. The fraction of sp³-hybridized carbons (Fsp3) is 0.588. The monoisotopic (exact) mass is 342 g/mol. The molecule has 0 heterocycles. The summed E-state index contributed by atoms with van der Waals surface area (Å²) >= 11 is 5.85. The Bertz CT molecular complexity index is 484. The van der Waals surface area contributed by atoms with Crippen LogP contribution in [0.15, 0.2) is 24.3 Å². The Balaban J connectivity index is 2.44. The van der Waals surface area contributed by atoms with Crippen LogP contribution in [0.5, 0.6) is 0 Å². The fourth-order valence-electron chi connectivity index (χ4n) is 1.95. The molecule has 23 heavy (non-hydrogen) atoms. The molecule has 0 aliphatic carbocycles. The predicted molar refractivity (Wildman–Crippen MR) is 92.6 cm³/mol. The summed E-state index contributed by atoms with van der Waals surface area (Å²) in [6, 6.07) is 7.60. The van der Waals surface area contributed by atoms with Gasteiger partial charge in [0, 0.05) is 31.2 Å². The van der Waals surface area contributed by atoms with Crippen LogP contribution in [-0.4, -0.2) is 47.4 Å². The minimum atomic E-state index is -0.598. The van der Waals surface area contributed by atoms with Gasteiger partial charge >= 0.3 is 6.09 Å². The first-order chi connectivity index (χ1) is 10.7. The SMILES string of the molecule is CC(O)CN(CCNCc1ccc(Cl)cc1)C(=O)OC(C)(C)C. The molecule has 130 valence electrons. The van der Waals surface area contributed by atoms with Crippen LogP contribution in [0.25, 0.3) is 0 Å². The molecule has 0 aliphatic rings. The molecule has 1 aromatic carbocycles. The van der Waals surface area contributed by atoms with Crippen molar-refractivity contribution in [3.63, 3.8) is 0 Å². The van der Waals surface area contributed by atoms with Gasteiger partial charge in [-0.1, -0.05) is 23.7 Å². The van der Waals surface area contributed by atoms with Gasteiger partial charge in [-0.25, -0.2) is 4.79 Å². The summed E-state index contributed by atoms with van der Waals surface area (Å²) < 4.78 is 5.36. The molecule has 0 fully saturated rings. The van der Waals surface area contributed by atoms with Gasteiger partial charge in [-0.2, -0.15) is 0 Å². The number of benzene rings is 1. The number of hydrogen-bond acceptors (Lipinski definition) is 4. The maximum atomic E-state index is 12.1. The molecule has 0 saturated heterocycles. The van der Waals surface area contributed by atoms with Gasteiger partial charge in [-0.05, 0) is 45.4 Å². The third-order valence-corrected chi connectivity index (χ3v) is 3.19. The molecule has 0 aromatic heterocycles. The van der Waals surface area contributed by atoms with E-state index in [4.69, 9.17) is 16.3 Å². The summed E-state index contributed by atoms with van der Waals surface area (Å²) in [5, 5.41) is 13.5. The number of aliphatic hydroxyl groups is 1. The normalized spacial score (nSPS) is 12.8. The molecule has 2 N–H and O–H groups in total. The minimum Gasteiger partial charge on any atom is -0.444 e. The highest BCUT2D eigenvalue weighted by molar-refractivity contribution is 6.30. The number of halogens is 1. The van der Waals surface area contributed by atoms with Crippen LogP contribution in [0, 0.1) is 0 Å². The van der Waals surface area contributed by atoms with Gasteiger partial charge < -0.3 is 20.1 Å². The molecule has 1 rings (SSSR count). The van der Waals surface area contributed by atoms with Gasteiger partial charge in [-0.15, -0.1) is 0 Å². The second-order valence-corrected chi connectivity index (χ2v) is 7.02. The molecule has 1 atom stereocenters. The van der Waals surface area contributed by atoms with E-state index in [2.05, 4.69) is 5.32 Å². The average Bonchev–Trinajstić information content (AvgIpc) is 2.41. The Labute approximate surface area is 143 Å².